The highest BCUT2D eigenvalue weighted by molar-refractivity contribution is 6.30. The van der Waals surface area contributed by atoms with Gasteiger partial charge in [0.05, 0.1) is 24.9 Å². The number of hydrogen-bond donors (Lipinski definition) is 1. The topological polar surface area (TPSA) is 71.0 Å². The number of ether oxygens (including phenoxy) is 1. The maximum atomic E-state index is 13.9. The lowest BCUT2D eigenvalue weighted by molar-refractivity contribution is -0.143. The summed E-state index contributed by atoms with van der Waals surface area (Å²) in [7, 11) is 1.10. The molecule has 0 aliphatic carbocycles. The second-order valence-corrected chi connectivity index (χ2v) is 6.51. The van der Waals surface area contributed by atoms with Crippen molar-refractivity contribution in [2.75, 3.05) is 18.7 Å². The molecule has 152 valence electrons. The first-order valence-corrected chi connectivity index (χ1v) is 8.75. The highest BCUT2D eigenvalue weighted by Gasteiger charge is 2.39. The Balaban J connectivity index is 2.16. The highest BCUT2D eigenvalue weighted by atomic mass is 35.5. The van der Waals surface area contributed by atoms with E-state index in [2.05, 4.69) is 10.4 Å². The number of halogens is 4. The van der Waals surface area contributed by atoms with Gasteiger partial charge >= 0.3 is 18.2 Å². The first-order chi connectivity index (χ1) is 13.7. The quantitative estimate of drug-likeness (QED) is 0.747. The molecule has 0 aromatic heterocycles. The lowest BCUT2D eigenvalue weighted by Gasteiger charge is -2.24. The Morgan fingerprint density at radius 3 is 2.52 bits per heavy atom. The highest BCUT2D eigenvalue weighted by Crippen LogP contribution is 2.40. The summed E-state index contributed by atoms with van der Waals surface area (Å²) in [6.07, 6.45) is -3.44. The molecule has 1 aliphatic rings. The molecule has 0 radical (unpaired) electrons. The minimum absolute atomic E-state index is 0.0887. The second kappa shape index (κ2) is 8.12. The van der Waals surface area contributed by atoms with Gasteiger partial charge in [0.15, 0.2) is 0 Å². The van der Waals surface area contributed by atoms with E-state index in [1.807, 2.05) is 0 Å². The van der Waals surface area contributed by atoms with Crippen molar-refractivity contribution in [2.24, 2.45) is 5.10 Å². The second-order valence-electron chi connectivity index (χ2n) is 6.07. The summed E-state index contributed by atoms with van der Waals surface area (Å²) in [6.45, 7) is 0.181. The smallest absolute Gasteiger partial charge is 0.416 e. The van der Waals surface area contributed by atoms with Gasteiger partial charge in [-0.05, 0) is 35.4 Å². The Kier molecular flexibility index (Phi) is 5.78. The number of nitrogens with zero attached hydrogens (tertiary/aromatic N) is 2. The maximum Gasteiger partial charge on any atom is 0.416 e. The van der Waals surface area contributed by atoms with E-state index in [1.165, 1.54) is 36.5 Å². The number of nitrogens with one attached hydrogen (secondary N) is 1. The van der Waals surface area contributed by atoms with Gasteiger partial charge in [-0.15, -0.1) is 0 Å². The SMILES string of the molecule is COC(=O)C(c1ccc(Cl)cc1)c1ccc(N2N=CCNC2=O)cc1C(F)(F)F. The molecule has 1 heterocycles. The summed E-state index contributed by atoms with van der Waals surface area (Å²) in [5.74, 6) is -2.19. The van der Waals surface area contributed by atoms with Crippen LogP contribution in [0, 0.1) is 0 Å². The monoisotopic (exact) mass is 425 g/mol. The van der Waals surface area contributed by atoms with Crippen LogP contribution in [0.2, 0.25) is 5.02 Å². The van der Waals surface area contributed by atoms with Gasteiger partial charge in [-0.3, -0.25) is 4.79 Å². The number of benzene rings is 2. The summed E-state index contributed by atoms with van der Waals surface area (Å²) in [4.78, 5) is 24.3. The van der Waals surface area contributed by atoms with Crippen molar-refractivity contribution in [2.45, 2.75) is 12.1 Å². The van der Waals surface area contributed by atoms with Gasteiger partial charge in [0.25, 0.3) is 0 Å². The predicted molar refractivity (Wildman–Crippen MR) is 101 cm³/mol. The summed E-state index contributed by atoms with van der Waals surface area (Å²) >= 11 is 5.85. The number of carbonyl (C=O) groups excluding carboxylic acids is 2. The summed E-state index contributed by atoms with van der Waals surface area (Å²) < 4.78 is 46.4. The van der Waals surface area contributed by atoms with Crippen molar-refractivity contribution in [3.63, 3.8) is 0 Å². The van der Waals surface area contributed by atoms with Crippen LogP contribution in [0.1, 0.15) is 22.6 Å². The van der Waals surface area contributed by atoms with Crippen molar-refractivity contribution in [1.82, 2.24) is 5.32 Å². The van der Waals surface area contributed by atoms with Crippen LogP contribution in [0.5, 0.6) is 0 Å². The van der Waals surface area contributed by atoms with Gasteiger partial charge < -0.3 is 10.1 Å². The van der Waals surface area contributed by atoms with E-state index in [9.17, 15) is 22.8 Å². The molecule has 0 bridgehead atoms. The molecule has 3 rings (SSSR count). The van der Waals surface area contributed by atoms with E-state index in [-0.39, 0.29) is 23.4 Å². The molecule has 1 atom stereocenters. The average molecular weight is 426 g/mol. The van der Waals surface area contributed by atoms with Crippen LogP contribution in [-0.2, 0) is 15.7 Å². The van der Waals surface area contributed by atoms with Crippen LogP contribution in [0.15, 0.2) is 47.6 Å². The van der Waals surface area contributed by atoms with Gasteiger partial charge in [-0.25, -0.2) is 4.79 Å². The maximum absolute atomic E-state index is 13.9. The molecule has 2 aromatic rings. The first-order valence-electron chi connectivity index (χ1n) is 8.37. The van der Waals surface area contributed by atoms with Crippen molar-refractivity contribution >= 4 is 35.5 Å². The zero-order chi connectivity index (χ0) is 21.2. The van der Waals surface area contributed by atoms with Gasteiger partial charge in [-0.2, -0.15) is 23.3 Å². The Hall–Kier alpha value is -3.07. The predicted octanol–water partition coefficient (Wildman–Crippen LogP) is 4.18. The summed E-state index contributed by atoms with van der Waals surface area (Å²) in [6, 6.07) is 8.42. The third-order valence-electron chi connectivity index (χ3n) is 4.27. The molecule has 10 heteroatoms. The Morgan fingerprint density at radius 1 is 1.24 bits per heavy atom. The van der Waals surface area contributed by atoms with Crippen LogP contribution in [0.25, 0.3) is 0 Å². The standard InChI is InChI=1S/C19H15ClF3N3O3/c1-29-17(27)16(11-2-4-12(20)5-3-11)14-7-6-13(10-15(14)19(21,22)23)26-18(28)24-8-9-25-26/h2-7,9-10,16H,8H2,1H3,(H,24,28). The van der Waals surface area contributed by atoms with Gasteiger partial charge in [0, 0.05) is 11.2 Å². The van der Waals surface area contributed by atoms with Crippen LogP contribution in [0.3, 0.4) is 0 Å². The molecule has 0 saturated heterocycles. The number of methoxy groups -OCH3 is 1. The van der Waals surface area contributed by atoms with Crippen molar-refractivity contribution < 1.29 is 27.5 Å². The number of carbonyl (C=O) groups is 2. The third kappa shape index (κ3) is 4.34. The van der Waals surface area contributed by atoms with Gasteiger partial charge in [0.2, 0.25) is 0 Å². The number of hydrogen-bond acceptors (Lipinski definition) is 4. The molecule has 2 amide bonds. The molecular formula is C19H15ClF3N3O3. The molecule has 0 spiro atoms. The molecule has 0 fully saturated rings. The fourth-order valence-corrected chi connectivity index (χ4v) is 3.08. The van der Waals surface area contributed by atoms with E-state index >= 15 is 0 Å². The fraction of sp³-hybridized carbons (Fsp3) is 0.211. The number of rotatable bonds is 4. The molecule has 6 nitrogen and oxygen atoms in total. The van der Waals surface area contributed by atoms with E-state index in [0.717, 1.165) is 24.3 Å². The summed E-state index contributed by atoms with van der Waals surface area (Å²) in [5, 5.41) is 7.46. The van der Waals surface area contributed by atoms with Crippen LogP contribution >= 0.6 is 11.6 Å². The van der Waals surface area contributed by atoms with Crippen LogP contribution in [-0.4, -0.2) is 31.9 Å². The van der Waals surface area contributed by atoms with E-state index in [1.54, 1.807) is 0 Å². The Labute approximate surface area is 168 Å². The fourth-order valence-electron chi connectivity index (χ4n) is 2.96. The Morgan fingerprint density at radius 2 is 1.93 bits per heavy atom. The largest absolute Gasteiger partial charge is 0.468 e. The Bertz CT molecular complexity index is 961. The molecule has 29 heavy (non-hydrogen) atoms. The van der Waals surface area contributed by atoms with Crippen LogP contribution < -0.4 is 10.3 Å². The summed E-state index contributed by atoms with van der Waals surface area (Å²) in [5.41, 5.74) is -1.19. The zero-order valence-electron chi connectivity index (χ0n) is 15.0. The van der Waals surface area contributed by atoms with Crippen molar-refractivity contribution in [3.8, 4) is 0 Å². The molecule has 0 saturated carbocycles. The minimum Gasteiger partial charge on any atom is -0.468 e. The average Bonchev–Trinajstić information content (AvgIpc) is 2.69. The van der Waals surface area contributed by atoms with E-state index < -0.39 is 29.7 Å². The first kappa shape index (κ1) is 20.7. The molecule has 1 aliphatic heterocycles. The van der Waals surface area contributed by atoms with Crippen molar-refractivity contribution in [3.05, 3.63) is 64.2 Å². The molecule has 1 N–H and O–H groups in total. The zero-order valence-corrected chi connectivity index (χ0v) is 15.8. The molecule has 2 aromatic carbocycles. The number of amides is 2. The molecule has 1 unspecified atom stereocenters. The van der Waals surface area contributed by atoms with E-state index in [4.69, 9.17) is 16.3 Å². The number of anilines is 1. The minimum atomic E-state index is -4.79. The van der Waals surface area contributed by atoms with Gasteiger partial charge in [-0.1, -0.05) is 29.8 Å². The number of hydrazone groups is 1. The van der Waals surface area contributed by atoms with Crippen molar-refractivity contribution in [1.29, 1.82) is 0 Å². The van der Waals surface area contributed by atoms with E-state index in [0.29, 0.717) is 5.02 Å². The normalized spacial score (nSPS) is 15.1. The number of esters is 1. The van der Waals surface area contributed by atoms with Crippen LogP contribution in [0.4, 0.5) is 23.7 Å². The number of urea groups is 1. The lowest BCUT2D eigenvalue weighted by atomic mass is 9.87. The lowest BCUT2D eigenvalue weighted by Crippen LogP contribution is -2.41. The number of alkyl halides is 3. The molecular weight excluding hydrogens is 411 g/mol. The third-order valence-corrected chi connectivity index (χ3v) is 4.52. The van der Waals surface area contributed by atoms with Gasteiger partial charge in [0.1, 0.15) is 5.92 Å².